The number of hydrogen-bond donors (Lipinski definition) is 1. The Hall–Kier alpha value is -1.94. The molecule has 0 atom stereocenters. The van der Waals surface area contributed by atoms with Gasteiger partial charge in [-0.1, -0.05) is 35.9 Å². The minimum absolute atomic E-state index is 0.103. The molecule has 2 rings (SSSR count). The third-order valence-electron chi connectivity index (χ3n) is 2.79. The lowest BCUT2D eigenvalue weighted by Crippen LogP contribution is -2.24. The van der Waals surface area contributed by atoms with Gasteiger partial charge in [-0.25, -0.2) is 9.37 Å². The molecule has 1 aromatic heterocycles. The van der Waals surface area contributed by atoms with Gasteiger partial charge in [-0.3, -0.25) is 4.79 Å². The number of pyridine rings is 1. The first-order valence-corrected chi connectivity index (χ1v) is 6.10. The molecule has 1 heterocycles. The van der Waals surface area contributed by atoms with Crippen molar-refractivity contribution in [2.45, 2.75) is 13.5 Å². The molecule has 3 nitrogen and oxygen atoms in total. The molecule has 0 aliphatic carbocycles. The zero-order valence-electron chi connectivity index (χ0n) is 10.3. The number of aryl methyl sites for hydroxylation is 1. The Morgan fingerprint density at radius 2 is 2.11 bits per heavy atom. The molecule has 98 valence electrons. The number of carbonyl (C=O) groups is 1. The van der Waals surface area contributed by atoms with Gasteiger partial charge in [0, 0.05) is 12.7 Å². The molecular formula is C14H12ClFN2O. The predicted molar refractivity (Wildman–Crippen MR) is 71.6 cm³/mol. The van der Waals surface area contributed by atoms with Crippen LogP contribution in [0.25, 0.3) is 0 Å². The van der Waals surface area contributed by atoms with Crippen LogP contribution in [-0.4, -0.2) is 10.9 Å². The highest BCUT2D eigenvalue weighted by molar-refractivity contribution is 6.29. The lowest BCUT2D eigenvalue weighted by molar-refractivity contribution is 0.0946. The largest absolute Gasteiger partial charge is 0.348 e. The number of nitrogens with zero attached hydrogens (tertiary/aromatic N) is 1. The fourth-order valence-electron chi connectivity index (χ4n) is 1.67. The first-order chi connectivity index (χ1) is 9.09. The van der Waals surface area contributed by atoms with E-state index in [0.29, 0.717) is 6.54 Å². The van der Waals surface area contributed by atoms with E-state index >= 15 is 0 Å². The first kappa shape index (κ1) is 13.5. The van der Waals surface area contributed by atoms with Crippen LogP contribution in [0.15, 0.2) is 36.5 Å². The van der Waals surface area contributed by atoms with Gasteiger partial charge in [0.25, 0.3) is 5.91 Å². The molecule has 1 amide bonds. The summed E-state index contributed by atoms with van der Waals surface area (Å²) in [6, 6.07) is 8.96. The van der Waals surface area contributed by atoms with Gasteiger partial charge < -0.3 is 5.32 Å². The van der Waals surface area contributed by atoms with Crippen molar-refractivity contribution < 1.29 is 9.18 Å². The van der Waals surface area contributed by atoms with Crippen LogP contribution in [0, 0.1) is 12.7 Å². The summed E-state index contributed by atoms with van der Waals surface area (Å²) in [6.45, 7) is 2.29. The number of halogens is 2. The van der Waals surface area contributed by atoms with Crippen molar-refractivity contribution in [2.24, 2.45) is 0 Å². The van der Waals surface area contributed by atoms with Crippen molar-refractivity contribution in [1.82, 2.24) is 10.3 Å². The zero-order valence-corrected chi connectivity index (χ0v) is 11.0. The van der Waals surface area contributed by atoms with Crippen molar-refractivity contribution in [3.63, 3.8) is 0 Å². The van der Waals surface area contributed by atoms with Crippen molar-refractivity contribution in [1.29, 1.82) is 0 Å². The number of hydrogen-bond acceptors (Lipinski definition) is 2. The molecule has 5 heteroatoms. The molecule has 0 unspecified atom stereocenters. The Morgan fingerprint density at radius 1 is 1.37 bits per heavy atom. The smallest absolute Gasteiger partial charge is 0.254 e. The van der Waals surface area contributed by atoms with Crippen molar-refractivity contribution in [3.8, 4) is 0 Å². The van der Waals surface area contributed by atoms with Gasteiger partial charge in [0.2, 0.25) is 0 Å². The zero-order chi connectivity index (χ0) is 13.8. The van der Waals surface area contributed by atoms with E-state index in [-0.39, 0.29) is 10.7 Å². The third-order valence-corrected chi connectivity index (χ3v) is 3.06. The fourth-order valence-corrected chi connectivity index (χ4v) is 1.83. The SMILES string of the molecule is Cc1ccccc1CNC(=O)c1ccnc(Cl)c1F. The van der Waals surface area contributed by atoms with Crippen molar-refractivity contribution in [3.05, 3.63) is 64.2 Å². The lowest BCUT2D eigenvalue weighted by Gasteiger charge is -2.08. The maximum atomic E-state index is 13.6. The Morgan fingerprint density at radius 3 is 2.84 bits per heavy atom. The summed E-state index contributed by atoms with van der Waals surface area (Å²) in [5.41, 5.74) is 1.95. The molecule has 2 aromatic rings. The number of benzene rings is 1. The van der Waals surface area contributed by atoms with Crippen LogP contribution >= 0.6 is 11.6 Å². The van der Waals surface area contributed by atoms with Gasteiger partial charge in [0.15, 0.2) is 11.0 Å². The second-order valence-corrected chi connectivity index (χ2v) is 4.43. The van der Waals surface area contributed by atoms with E-state index in [2.05, 4.69) is 10.3 Å². The maximum absolute atomic E-state index is 13.6. The fraction of sp³-hybridized carbons (Fsp3) is 0.143. The van der Waals surface area contributed by atoms with E-state index in [9.17, 15) is 9.18 Å². The quantitative estimate of drug-likeness (QED) is 0.877. The minimum Gasteiger partial charge on any atom is -0.348 e. The summed E-state index contributed by atoms with van der Waals surface area (Å²) < 4.78 is 13.6. The Kier molecular flexibility index (Phi) is 4.12. The Bertz CT molecular complexity index is 616. The molecule has 0 fully saturated rings. The van der Waals surface area contributed by atoms with E-state index < -0.39 is 11.7 Å². The van der Waals surface area contributed by atoms with Crippen LogP contribution in [0.5, 0.6) is 0 Å². The summed E-state index contributed by atoms with van der Waals surface area (Å²) in [6.07, 6.45) is 1.30. The van der Waals surface area contributed by atoms with E-state index in [1.54, 1.807) is 0 Å². The average molecular weight is 279 g/mol. The maximum Gasteiger partial charge on any atom is 0.254 e. The second-order valence-electron chi connectivity index (χ2n) is 4.07. The summed E-state index contributed by atoms with van der Waals surface area (Å²) >= 11 is 5.53. The molecule has 0 aliphatic heterocycles. The summed E-state index contributed by atoms with van der Waals surface area (Å²) in [5, 5.41) is 2.36. The van der Waals surface area contributed by atoms with Crippen LogP contribution in [0.4, 0.5) is 4.39 Å². The summed E-state index contributed by atoms with van der Waals surface area (Å²) in [5.74, 6) is -1.31. The van der Waals surface area contributed by atoms with E-state index in [0.717, 1.165) is 11.1 Å². The molecule has 0 radical (unpaired) electrons. The highest BCUT2D eigenvalue weighted by Crippen LogP contribution is 2.15. The summed E-state index contributed by atoms with van der Waals surface area (Å²) in [4.78, 5) is 15.4. The Balaban J connectivity index is 2.10. The van der Waals surface area contributed by atoms with Gasteiger partial charge in [-0.15, -0.1) is 0 Å². The normalized spacial score (nSPS) is 10.3. The number of amides is 1. The van der Waals surface area contributed by atoms with Gasteiger partial charge in [0.05, 0.1) is 5.56 Å². The molecule has 0 saturated carbocycles. The monoisotopic (exact) mass is 278 g/mol. The molecule has 1 N–H and O–H groups in total. The van der Waals surface area contributed by atoms with Crippen LogP contribution < -0.4 is 5.32 Å². The molecule has 0 saturated heterocycles. The number of nitrogens with one attached hydrogen (secondary N) is 1. The lowest BCUT2D eigenvalue weighted by atomic mass is 10.1. The van der Waals surface area contributed by atoms with Gasteiger partial charge >= 0.3 is 0 Å². The standard InChI is InChI=1S/C14H12ClFN2O/c1-9-4-2-3-5-10(9)8-18-14(19)11-6-7-17-13(15)12(11)16/h2-7H,8H2,1H3,(H,18,19). The first-order valence-electron chi connectivity index (χ1n) is 5.72. The van der Waals surface area contributed by atoms with Gasteiger partial charge in [-0.05, 0) is 24.1 Å². The third kappa shape index (κ3) is 3.09. The molecule has 19 heavy (non-hydrogen) atoms. The van der Waals surface area contributed by atoms with Gasteiger partial charge in [-0.2, -0.15) is 0 Å². The minimum atomic E-state index is -0.800. The predicted octanol–water partition coefficient (Wildman–Crippen LogP) is 3.11. The molecular weight excluding hydrogens is 267 g/mol. The van der Waals surface area contributed by atoms with Crippen LogP contribution in [0.2, 0.25) is 5.15 Å². The van der Waals surface area contributed by atoms with E-state index in [1.165, 1.54) is 12.3 Å². The molecule has 0 spiro atoms. The highest BCUT2D eigenvalue weighted by Gasteiger charge is 2.14. The van der Waals surface area contributed by atoms with Crippen LogP contribution in [0.3, 0.4) is 0 Å². The molecule has 0 aliphatic rings. The van der Waals surface area contributed by atoms with Crippen LogP contribution in [0.1, 0.15) is 21.5 Å². The Labute approximate surface area is 115 Å². The number of aromatic nitrogens is 1. The summed E-state index contributed by atoms with van der Waals surface area (Å²) in [7, 11) is 0. The van der Waals surface area contributed by atoms with E-state index in [1.807, 2.05) is 31.2 Å². The van der Waals surface area contributed by atoms with Gasteiger partial charge in [0.1, 0.15) is 0 Å². The average Bonchev–Trinajstić information content (AvgIpc) is 2.40. The molecule has 1 aromatic carbocycles. The van der Waals surface area contributed by atoms with Crippen molar-refractivity contribution >= 4 is 17.5 Å². The highest BCUT2D eigenvalue weighted by atomic mass is 35.5. The number of carbonyl (C=O) groups excluding carboxylic acids is 1. The topological polar surface area (TPSA) is 42.0 Å². The van der Waals surface area contributed by atoms with Crippen LogP contribution in [-0.2, 0) is 6.54 Å². The number of rotatable bonds is 3. The second kappa shape index (κ2) is 5.80. The van der Waals surface area contributed by atoms with E-state index in [4.69, 9.17) is 11.6 Å². The van der Waals surface area contributed by atoms with Crippen molar-refractivity contribution in [2.75, 3.05) is 0 Å². The molecule has 0 bridgehead atoms.